The Kier molecular flexibility index (Phi) is 6.26. The summed E-state index contributed by atoms with van der Waals surface area (Å²) in [4.78, 5) is 7.86. The van der Waals surface area contributed by atoms with E-state index >= 15 is 0 Å². The third-order valence-corrected chi connectivity index (χ3v) is 2.21. The highest BCUT2D eigenvalue weighted by Crippen LogP contribution is 2.18. The van der Waals surface area contributed by atoms with Crippen molar-refractivity contribution < 1.29 is 17.7 Å². The van der Waals surface area contributed by atoms with E-state index in [0.717, 1.165) is 0 Å². The van der Waals surface area contributed by atoms with Gasteiger partial charge in [0.1, 0.15) is 0 Å². The quantitative estimate of drug-likeness (QED) is 0.613. The van der Waals surface area contributed by atoms with Crippen LogP contribution in [0.3, 0.4) is 0 Å². The molecule has 0 aliphatic carbocycles. The minimum absolute atomic E-state index is 0.307. The first-order valence-corrected chi connectivity index (χ1v) is 6.29. The van der Waals surface area contributed by atoms with Gasteiger partial charge in [0.15, 0.2) is 11.8 Å². The zero-order chi connectivity index (χ0) is 15.0. The fourth-order valence-electron chi connectivity index (χ4n) is 1.37. The number of hydrogen-bond acceptors (Lipinski definition) is 4. The van der Waals surface area contributed by atoms with E-state index in [0.29, 0.717) is 37.2 Å². The lowest BCUT2D eigenvalue weighted by molar-refractivity contribution is -0.132. The van der Waals surface area contributed by atoms with E-state index in [4.69, 9.17) is 4.52 Å². The van der Waals surface area contributed by atoms with Crippen LogP contribution in [0.1, 0.15) is 25.1 Å². The van der Waals surface area contributed by atoms with Gasteiger partial charge in [-0.15, -0.1) is 0 Å². The predicted octanol–water partition coefficient (Wildman–Crippen LogP) is 1.43. The lowest BCUT2D eigenvalue weighted by atomic mass is 10.4. The summed E-state index contributed by atoms with van der Waals surface area (Å²) in [6.07, 6.45) is -4.65. The second-order valence-corrected chi connectivity index (χ2v) is 4.04. The Bertz CT molecular complexity index is 430. The number of rotatable bonds is 6. The molecule has 0 unspecified atom stereocenters. The number of halogens is 3. The molecule has 0 amide bonds. The molecule has 9 heteroatoms. The summed E-state index contributed by atoms with van der Waals surface area (Å²) < 4.78 is 41.0. The molecule has 0 fully saturated rings. The molecule has 0 saturated heterocycles. The topological polar surface area (TPSA) is 75.3 Å². The molecule has 0 atom stereocenters. The largest absolute Gasteiger partial charge is 0.390 e. The SMILES string of the molecule is CCNC(=NCCC(F)(F)F)NCCc1nc(C)no1. The Morgan fingerprint density at radius 2 is 2.10 bits per heavy atom. The Hall–Kier alpha value is -1.80. The number of alkyl halides is 3. The van der Waals surface area contributed by atoms with Crippen molar-refractivity contribution in [1.82, 2.24) is 20.8 Å². The molecule has 0 aromatic carbocycles. The molecule has 1 rings (SSSR count). The maximum absolute atomic E-state index is 12.0. The van der Waals surface area contributed by atoms with Gasteiger partial charge in [0.05, 0.1) is 13.0 Å². The van der Waals surface area contributed by atoms with Gasteiger partial charge in [0, 0.05) is 19.5 Å². The van der Waals surface area contributed by atoms with Crippen LogP contribution in [0.5, 0.6) is 0 Å². The zero-order valence-electron chi connectivity index (χ0n) is 11.4. The van der Waals surface area contributed by atoms with Gasteiger partial charge in [0.2, 0.25) is 5.89 Å². The van der Waals surface area contributed by atoms with E-state index in [1.54, 1.807) is 6.92 Å². The number of hydrogen-bond donors (Lipinski definition) is 2. The molecule has 1 aromatic rings. The van der Waals surface area contributed by atoms with Crippen molar-refractivity contribution in [3.05, 3.63) is 11.7 Å². The third-order valence-electron chi connectivity index (χ3n) is 2.21. The first-order valence-electron chi connectivity index (χ1n) is 6.29. The van der Waals surface area contributed by atoms with Crippen LogP contribution in [0.25, 0.3) is 0 Å². The van der Waals surface area contributed by atoms with Crippen molar-refractivity contribution in [2.45, 2.75) is 32.9 Å². The number of aromatic nitrogens is 2. The van der Waals surface area contributed by atoms with Gasteiger partial charge in [-0.2, -0.15) is 18.2 Å². The van der Waals surface area contributed by atoms with Gasteiger partial charge in [-0.1, -0.05) is 5.16 Å². The zero-order valence-corrected chi connectivity index (χ0v) is 11.4. The summed E-state index contributed by atoms with van der Waals surface area (Å²) in [6, 6.07) is 0. The second-order valence-electron chi connectivity index (χ2n) is 4.04. The highest BCUT2D eigenvalue weighted by Gasteiger charge is 2.26. The molecule has 1 aromatic heterocycles. The van der Waals surface area contributed by atoms with E-state index in [9.17, 15) is 13.2 Å². The third kappa shape index (κ3) is 6.95. The number of nitrogens with zero attached hydrogens (tertiary/aromatic N) is 3. The molecule has 0 spiro atoms. The normalized spacial score (nSPS) is 12.6. The highest BCUT2D eigenvalue weighted by molar-refractivity contribution is 5.79. The van der Waals surface area contributed by atoms with Crippen molar-refractivity contribution in [2.75, 3.05) is 19.6 Å². The van der Waals surface area contributed by atoms with Crippen LogP contribution in [0.2, 0.25) is 0 Å². The lowest BCUT2D eigenvalue weighted by Crippen LogP contribution is -2.38. The lowest BCUT2D eigenvalue weighted by Gasteiger charge is -2.10. The van der Waals surface area contributed by atoms with Crippen molar-refractivity contribution in [3.8, 4) is 0 Å². The average Bonchev–Trinajstić information content (AvgIpc) is 2.73. The molecule has 20 heavy (non-hydrogen) atoms. The molecule has 0 aliphatic rings. The van der Waals surface area contributed by atoms with E-state index in [1.807, 2.05) is 6.92 Å². The monoisotopic (exact) mass is 293 g/mol. The number of aliphatic imine (C=N–C) groups is 1. The summed E-state index contributed by atoms with van der Waals surface area (Å²) in [5.41, 5.74) is 0. The summed E-state index contributed by atoms with van der Waals surface area (Å²) >= 11 is 0. The van der Waals surface area contributed by atoms with Crippen LogP contribution < -0.4 is 10.6 Å². The Labute approximate surface area is 114 Å². The van der Waals surface area contributed by atoms with Gasteiger partial charge < -0.3 is 15.2 Å². The maximum atomic E-state index is 12.0. The first-order chi connectivity index (χ1) is 9.40. The molecule has 0 saturated carbocycles. The first kappa shape index (κ1) is 16.3. The minimum atomic E-state index is -4.19. The van der Waals surface area contributed by atoms with Crippen molar-refractivity contribution in [1.29, 1.82) is 0 Å². The van der Waals surface area contributed by atoms with E-state index in [2.05, 4.69) is 25.8 Å². The van der Waals surface area contributed by atoms with Crippen LogP contribution in [0, 0.1) is 6.92 Å². The van der Waals surface area contributed by atoms with Gasteiger partial charge in [-0.3, -0.25) is 4.99 Å². The highest BCUT2D eigenvalue weighted by atomic mass is 19.4. The molecule has 0 bridgehead atoms. The summed E-state index contributed by atoms with van der Waals surface area (Å²) in [7, 11) is 0. The standard InChI is InChI=1S/C11H18F3N5O/c1-3-15-10(17-7-5-11(12,13)14)16-6-4-9-18-8(2)19-20-9/h3-7H2,1-2H3,(H2,15,16,17). The van der Waals surface area contributed by atoms with E-state index in [-0.39, 0.29) is 6.54 Å². The Morgan fingerprint density at radius 1 is 1.35 bits per heavy atom. The molecule has 0 aliphatic heterocycles. The maximum Gasteiger partial charge on any atom is 0.390 e. The summed E-state index contributed by atoms with van der Waals surface area (Å²) in [5.74, 6) is 1.36. The molecule has 0 radical (unpaired) electrons. The van der Waals surface area contributed by atoms with Crippen LogP contribution in [0.15, 0.2) is 9.52 Å². The molecular formula is C11H18F3N5O. The van der Waals surface area contributed by atoms with E-state index < -0.39 is 12.6 Å². The van der Waals surface area contributed by atoms with Crippen LogP contribution in [-0.2, 0) is 6.42 Å². The Morgan fingerprint density at radius 3 is 2.65 bits per heavy atom. The second kappa shape index (κ2) is 7.71. The fourth-order valence-corrected chi connectivity index (χ4v) is 1.37. The number of nitrogens with one attached hydrogen (secondary N) is 2. The fraction of sp³-hybridized carbons (Fsp3) is 0.727. The average molecular weight is 293 g/mol. The molecular weight excluding hydrogens is 275 g/mol. The predicted molar refractivity (Wildman–Crippen MR) is 67.4 cm³/mol. The van der Waals surface area contributed by atoms with Gasteiger partial charge in [0.25, 0.3) is 0 Å². The molecule has 2 N–H and O–H groups in total. The van der Waals surface area contributed by atoms with Gasteiger partial charge in [-0.25, -0.2) is 0 Å². The minimum Gasteiger partial charge on any atom is -0.357 e. The molecule has 1 heterocycles. The van der Waals surface area contributed by atoms with Gasteiger partial charge in [-0.05, 0) is 13.8 Å². The summed E-state index contributed by atoms with van der Waals surface area (Å²) in [6.45, 7) is 4.25. The van der Waals surface area contributed by atoms with Gasteiger partial charge >= 0.3 is 6.18 Å². The number of guanidine groups is 1. The molecule has 6 nitrogen and oxygen atoms in total. The Balaban J connectivity index is 2.36. The smallest absolute Gasteiger partial charge is 0.357 e. The summed E-state index contributed by atoms with van der Waals surface area (Å²) in [5, 5.41) is 9.42. The van der Waals surface area contributed by atoms with Crippen molar-refractivity contribution in [2.24, 2.45) is 4.99 Å². The van der Waals surface area contributed by atoms with Crippen LogP contribution in [0.4, 0.5) is 13.2 Å². The van der Waals surface area contributed by atoms with E-state index in [1.165, 1.54) is 0 Å². The molecule has 114 valence electrons. The van der Waals surface area contributed by atoms with Crippen LogP contribution >= 0.6 is 0 Å². The van der Waals surface area contributed by atoms with Crippen molar-refractivity contribution >= 4 is 5.96 Å². The van der Waals surface area contributed by atoms with Crippen LogP contribution in [-0.4, -0.2) is 41.9 Å². The number of aryl methyl sites for hydroxylation is 1. The van der Waals surface area contributed by atoms with Crippen molar-refractivity contribution in [3.63, 3.8) is 0 Å².